The lowest BCUT2D eigenvalue weighted by Crippen LogP contribution is -2.70. The van der Waals surface area contributed by atoms with Crippen LogP contribution in [0, 0.1) is 0 Å². The molecule has 1 atom stereocenters. The van der Waals surface area contributed by atoms with Gasteiger partial charge in [0.25, 0.3) is 11.8 Å². The van der Waals surface area contributed by atoms with Gasteiger partial charge in [0.15, 0.2) is 6.61 Å². The van der Waals surface area contributed by atoms with Gasteiger partial charge in [-0.05, 0) is 38.8 Å². The minimum Gasteiger partial charge on any atom is -0.452 e. The van der Waals surface area contributed by atoms with E-state index in [4.69, 9.17) is 4.74 Å². The molecule has 1 saturated heterocycles. The molecule has 2 fully saturated rings. The number of anilines is 1. The SMILES string of the molecule is CC(C)N1C(=O)c2ccccc2N2C(=O)CC[C@@]21C(=O)OCC(=O)NC1CCCC1. The van der Waals surface area contributed by atoms with Crippen LogP contribution in [0.5, 0.6) is 0 Å². The van der Waals surface area contributed by atoms with Crippen molar-refractivity contribution in [3.05, 3.63) is 29.8 Å². The predicted molar refractivity (Wildman–Crippen MR) is 109 cm³/mol. The molecular weight excluding hydrogens is 386 g/mol. The monoisotopic (exact) mass is 413 g/mol. The maximum Gasteiger partial charge on any atom is 0.354 e. The van der Waals surface area contributed by atoms with Crippen molar-refractivity contribution in [1.82, 2.24) is 10.2 Å². The number of fused-ring (bicyclic) bond motifs is 3. The van der Waals surface area contributed by atoms with E-state index < -0.39 is 18.2 Å². The number of nitrogens with one attached hydrogen (secondary N) is 1. The molecule has 1 aromatic rings. The second kappa shape index (κ2) is 7.74. The minimum atomic E-state index is -1.57. The molecule has 1 saturated carbocycles. The summed E-state index contributed by atoms with van der Waals surface area (Å²) in [6.07, 6.45) is 4.27. The van der Waals surface area contributed by atoms with Gasteiger partial charge in [-0.2, -0.15) is 0 Å². The maximum absolute atomic E-state index is 13.4. The summed E-state index contributed by atoms with van der Waals surface area (Å²) in [5.74, 6) is -1.67. The second-order valence-corrected chi connectivity index (χ2v) is 8.46. The average Bonchev–Trinajstić information content (AvgIpc) is 3.34. The molecule has 1 aromatic carbocycles. The zero-order valence-electron chi connectivity index (χ0n) is 17.3. The Kier molecular flexibility index (Phi) is 5.26. The van der Waals surface area contributed by atoms with Crippen molar-refractivity contribution < 1.29 is 23.9 Å². The first kappa shape index (κ1) is 20.4. The van der Waals surface area contributed by atoms with Gasteiger partial charge in [-0.1, -0.05) is 25.0 Å². The first-order valence-corrected chi connectivity index (χ1v) is 10.6. The van der Waals surface area contributed by atoms with E-state index in [-0.39, 0.29) is 42.6 Å². The highest BCUT2D eigenvalue weighted by Gasteiger charge is 2.62. The van der Waals surface area contributed by atoms with E-state index in [0.29, 0.717) is 11.3 Å². The summed E-state index contributed by atoms with van der Waals surface area (Å²) < 4.78 is 5.41. The second-order valence-electron chi connectivity index (χ2n) is 8.46. The van der Waals surface area contributed by atoms with Gasteiger partial charge in [0.2, 0.25) is 11.6 Å². The number of ether oxygens (including phenoxy) is 1. The normalized spacial score (nSPS) is 23.6. The number of carbonyl (C=O) groups excluding carboxylic acids is 4. The number of hydrogen-bond donors (Lipinski definition) is 1. The van der Waals surface area contributed by atoms with Gasteiger partial charge in [-0.25, -0.2) is 4.79 Å². The Morgan fingerprint density at radius 3 is 2.60 bits per heavy atom. The summed E-state index contributed by atoms with van der Waals surface area (Å²) in [6.45, 7) is 3.17. The number of benzene rings is 1. The van der Waals surface area contributed by atoms with Gasteiger partial charge in [0.1, 0.15) is 0 Å². The third-order valence-electron chi connectivity index (χ3n) is 6.20. The molecule has 8 heteroatoms. The van der Waals surface area contributed by atoms with Crippen molar-refractivity contribution in [2.24, 2.45) is 0 Å². The molecule has 2 aliphatic heterocycles. The number of hydrogen-bond acceptors (Lipinski definition) is 5. The highest BCUT2D eigenvalue weighted by atomic mass is 16.5. The van der Waals surface area contributed by atoms with E-state index in [9.17, 15) is 19.2 Å². The largest absolute Gasteiger partial charge is 0.452 e. The molecule has 0 unspecified atom stereocenters. The van der Waals surface area contributed by atoms with Crippen LogP contribution in [0.25, 0.3) is 0 Å². The summed E-state index contributed by atoms with van der Waals surface area (Å²) >= 11 is 0. The van der Waals surface area contributed by atoms with Gasteiger partial charge in [0.05, 0.1) is 11.3 Å². The Morgan fingerprint density at radius 1 is 1.20 bits per heavy atom. The van der Waals surface area contributed by atoms with Crippen LogP contribution < -0.4 is 10.2 Å². The van der Waals surface area contributed by atoms with E-state index in [1.54, 1.807) is 38.1 Å². The summed E-state index contributed by atoms with van der Waals surface area (Å²) in [6, 6.07) is 6.56. The van der Waals surface area contributed by atoms with Crippen LogP contribution >= 0.6 is 0 Å². The summed E-state index contributed by atoms with van der Waals surface area (Å²) in [5.41, 5.74) is -0.775. The Morgan fingerprint density at radius 2 is 1.90 bits per heavy atom. The molecule has 0 spiro atoms. The molecule has 3 aliphatic rings. The van der Waals surface area contributed by atoms with Crippen molar-refractivity contribution in [1.29, 1.82) is 0 Å². The zero-order valence-corrected chi connectivity index (χ0v) is 17.3. The highest BCUT2D eigenvalue weighted by Crippen LogP contribution is 2.45. The summed E-state index contributed by atoms with van der Waals surface area (Å²) in [7, 11) is 0. The molecule has 2 heterocycles. The van der Waals surface area contributed by atoms with Crippen molar-refractivity contribution in [3.63, 3.8) is 0 Å². The van der Waals surface area contributed by atoms with Gasteiger partial charge >= 0.3 is 5.97 Å². The third kappa shape index (κ3) is 3.14. The quantitative estimate of drug-likeness (QED) is 0.745. The van der Waals surface area contributed by atoms with Crippen LogP contribution in [0.15, 0.2) is 24.3 Å². The molecule has 1 aliphatic carbocycles. The highest BCUT2D eigenvalue weighted by molar-refractivity contribution is 6.15. The lowest BCUT2D eigenvalue weighted by Gasteiger charge is -2.50. The molecule has 8 nitrogen and oxygen atoms in total. The van der Waals surface area contributed by atoms with Crippen LogP contribution in [0.4, 0.5) is 5.69 Å². The summed E-state index contributed by atoms with van der Waals surface area (Å²) in [5, 5.41) is 2.88. The Labute approximate surface area is 175 Å². The fourth-order valence-electron chi connectivity index (χ4n) is 4.96. The van der Waals surface area contributed by atoms with E-state index in [2.05, 4.69) is 5.32 Å². The topological polar surface area (TPSA) is 96.0 Å². The minimum absolute atomic E-state index is 0.119. The number of nitrogens with zero attached hydrogens (tertiary/aromatic N) is 2. The predicted octanol–water partition coefficient (Wildman–Crippen LogP) is 1.98. The first-order chi connectivity index (χ1) is 14.4. The van der Waals surface area contributed by atoms with E-state index in [0.717, 1.165) is 25.7 Å². The van der Waals surface area contributed by atoms with Crippen molar-refractivity contribution in [2.75, 3.05) is 11.5 Å². The van der Waals surface area contributed by atoms with E-state index in [1.165, 1.54) is 9.80 Å². The Balaban J connectivity index is 1.63. The number of para-hydroxylation sites is 1. The number of esters is 1. The molecular formula is C22H27N3O5. The van der Waals surface area contributed by atoms with Crippen LogP contribution in [0.2, 0.25) is 0 Å². The number of rotatable bonds is 5. The lowest BCUT2D eigenvalue weighted by atomic mass is 9.95. The molecule has 160 valence electrons. The third-order valence-corrected chi connectivity index (χ3v) is 6.20. The van der Waals surface area contributed by atoms with Crippen LogP contribution in [-0.2, 0) is 19.1 Å². The average molecular weight is 413 g/mol. The summed E-state index contributed by atoms with van der Waals surface area (Å²) in [4.78, 5) is 54.6. The zero-order chi connectivity index (χ0) is 21.5. The van der Waals surface area contributed by atoms with Gasteiger partial charge in [0, 0.05) is 24.9 Å². The van der Waals surface area contributed by atoms with Crippen LogP contribution in [-0.4, -0.2) is 52.9 Å². The van der Waals surface area contributed by atoms with Crippen molar-refractivity contribution in [2.45, 2.75) is 70.1 Å². The van der Waals surface area contributed by atoms with Crippen molar-refractivity contribution in [3.8, 4) is 0 Å². The van der Waals surface area contributed by atoms with Crippen LogP contribution in [0.3, 0.4) is 0 Å². The fraction of sp³-hybridized carbons (Fsp3) is 0.545. The molecule has 0 aromatic heterocycles. The number of carbonyl (C=O) groups is 4. The lowest BCUT2D eigenvalue weighted by molar-refractivity contribution is -0.161. The molecule has 3 amide bonds. The van der Waals surface area contributed by atoms with Crippen LogP contribution in [0.1, 0.15) is 62.7 Å². The standard InChI is InChI=1S/C22H27N3O5/c1-14(2)24-20(28)16-9-5-6-10-17(16)25-19(27)11-12-22(24,25)21(29)30-13-18(26)23-15-7-3-4-8-15/h5-6,9-10,14-15H,3-4,7-8,11-13H2,1-2H3,(H,23,26)/t22-/m0/s1. The molecule has 1 N–H and O–H groups in total. The molecule has 4 rings (SSSR count). The molecule has 0 radical (unpaired) electrons. The van der Waals surface area contributed by atoms with Crippen molar-refractivity contribution >= 4 is 29.4 Å². The molecule has 30 heavy (non-hydrogen) atoms. The maximum atomic E-state index is 13.4. The Hall–Kier alpha value is -2.90. The van der Waals surface area contributed by atoms with Gasteiger partial charge < -0.3 is 15.0 Å². The van der Waals surface area contributed by atoms with Gasteiger partial charge in [-0.15, -0.1) is 0 Å². The smallest absolute Gasteiger partial charge is 0.354 e. The fourth-order valence-corrected chi connectivity index (χ4v) is 4.96. The van der Waals surface area contributed by atoms with Gasteiger partial charge in [-0.3, -0.25) is 19.3 Å². The Bertz CT molecular complexity index is 893. The van der Waals surface area contributed by atoms with E-state index in [1.807, 2.05) is 0 Å². The number of amides is 3. The molecule has 0 bridgehead atoms. The first-order valence-electron chi connectivity index (χ1n) is 10.6. The van der Waals surface area contributed by atoms with E-state index >= 15 is 0 Å².